The van der Waals surface area contributed by atoms with Crippen LogP contribution in [0.25, 0.3) is 0 Å². The van der Waals surface area contributed by atoms with Gasteiger partial charge in [-0.05, 0) is 0 Å². The van der Waals surface area contributed by atoms with E-state index in [1.54, 1.807) is 0 Å². The van der Waals surface area contributed by atoms with Crippen LogP contribution in [0.4, 0.5) is 0 Å². The Labute approximate surface area is 57.2 Å². The van der Waals surface area contributed by atoms with Crippen LogP contribution >= 0.6 is 0 Å². The van der Waals surface area contributed by atoms with Gasteiger partial charge in [0.25, 0.3) is 5.97 Å². The van der Waals surface area contributed by atoms with Gasteiger partial charge >= 0.3 is 5.97 Å². The van der Waals surface area contributed by atoms with Gasteiger partial charge in [0.2, 0.25) is 0 Å². The Morgan fingerprint density at radius 1 is 1.50 bits per heavy atom. The number of hydrogen-bond acceptors (Lipinski definition) is 3. The summed E-state index contributed by atoms with van der Waals surface area (Å²) >= 11 is 0. The third kappa shape index (κ3) is 6.90. The smallest absolute Gasteiger partial charge is 0.335 e. The van der Waals surface area contributed by atoms with E-state index in [1.807, 2.05) is 0 Å². The van der Waals surface area contributed by atoms with Crippen molar-refractivity contribution < 1.29 is 24.5 Å². The topological polar surface area (TPSA) is 87.1 Å². The fourth-order valence-corrected chi connectivity index (χ4v) is 0.191. The van der Waals surface area contributed by atoms with Crippen molar-refractivity contribution in [3.63, 3.8) is 0 Å². The molecular weight excluding hydrogens is 140 g/mol. The Kier molecular flexibility index (Phi) is 3.42. The maximum absolute atomic E-state index is 9.64. The molecule has 10 heavy (non-hydrogen) atoms. The van der Waals surface area contributed by atoms with Gasteiger partial charge in [-0.1, -0.05) is 0 Å². The lowest BCUT2D eigenvalue weighted by atomic mass is 10.5. The van der Waals surface area contributed by atoms with Crippen LogP contribution in [0.3, 0.4) is 0 Å². The number of carboxylic acid groups (broad SMARTS) is 2. The molecule has 0 aromatic heterocycles. The number of carbonyl (C=O) groups is 2. The van der Waals surface area contributed by atoms with E-state index in [0.29, 0.717) is 6.61 Å². The van der Waals surface area contributed by atoms with Gasteiger partial charge in [0, 0.05) is 6.92 Å². The summed E-state index contributed by atoms with van der Waals surface area (Å²) in [5, 5.41) is 15.3. The van der Waals surface area contributed by atoms with Gasteiger partial charge in [0.1, 0.15) is 0 Å². The average Bonchev–Trinajstić information content (AvgIpc) is 2.38. The molecule has 5 heteroatoms. The molecule has 0 aromatic carbocycles. The zero-order chi connectivity index (χ0) is 8.15. The molecule has 0 amide bonds. The van der Waals surface area contributed by atoms with Crippen molar-refractivity contribution in [1.82, 2.24) is 0 Å². The summed E-state index contributed by atoms with van der Waals surface area (Å²) in [5.74, 6) is -1.69. The van der Waals surface area contributed by atoms with Gasteiger partial charge in [0.05, 0.1) is 6.61 Å². The highest BCUT2D eigenvalue weighted by atomic mass is 16.6. The summed E-state index contributed by atoms with van der Waals surface area (Å²) in [6.45, 7) is 1.48. The molecule has 58 valence electrons. The summed E-state index contributed by atoms with van der Waals surface area (Å²) in [7, 11) is 0. The number of hydrogen-bond donors (Lipinski definition) is 2. The van der Waals surface area contributed by atoms with E-state index in [4.69, 9.17) is 15.0 Å². The van der Waals surface area contributed by atoms with Crippen LogP contribution in [-0.2, 0) is 14.3 Å². The molecule has 1 saturated heterocycles. The van der Waals surface area contributed by atoms with Crippen LogP contribution in [0.2, 0.25) is 0 Å². The minimum Gasteiger partial charge on any atom is -0.481 e. The second kappa shape index (κ2) is 3.84. The molecule has 1 heterocycles. The minimum atomic E-state index is -0.852. The number of ether oxygens (including phenoxy) is 1. The lowest BCUT2D eigenvalue weighted by molar-refractivity contribution is -0.138. The molecule has 0 bridgehead atoms. The van der Waals surface area contributed by atoms with E-state index >= 15 is 0 Å². The number of rotatable bonds is 1. The molecule has 1 atom stereocenters. The van der Waals surface area contributed by atoms with E-state index in [-0.39, 0.29) is 0 Å². The Hall–Kier alpha value is -1.10. The Balaban J connectivity index is 0.000000180. The lowest BCUT2D eigenvalue weighted by Crippen LogP contribution is -2.02. The van der Waals surface area contributed by atoms with Gasteiger partial charge in [0.15, 0.2) is 6.10 Å². The maximum Gasteiger partial charge on any atom is 0.335 e. The third-order valence-electron chi connectivity index (χ3n) is 0.609. The fraction of sp³-hybridized carbons (Fsp3) is 0.600. The molecule has 0 aromatic rings. The molecule has 1 rings (SSSR count). The molecule has 1 fully saturated rings. The third-order valence-corrected chi connectivity index (χ3v) is 0.609. The van der Waals surface area contributed by atoms with E-state index < -0.39 is 18.0 Å². The van der Waals surface area contributed by atoms with Gasteiger partial charge < -0.3 is 14.9 Å². The monoisotopic (exact) mass is 148 g/mol. The Bertz CT molecular complexity index is 133. The van der Waals surface area contributed by atoms with E-state index in [0.717, 1.165) is 6.92 Å². The molecular formula is C5H8O5. The van der Waals surface area contributed by atoms with Gasteiger partial charge in [-0.2, -0.15) is 0 Å². The summed E-state index contributed by atoms with van der Waals surface area (Å²) in [6.07, 6.45) is -0.481. The molecule has 0 radical (unpaired) electrons. The molecule has 1 aliphatic heterocycles. The molecule has 0 spiro atoms. The van der Waals surface area contributed by atoms with Crippen molar-refractivity contribution in [3.05, 3.63) is 0 Å². The van der Waals surface area contributed by atoms with Crippen molar-refractivity contribution in [2.75, 3.05) is 6.61 Å². The van der Waals surface area contributed by atoms with Crippen LogP contribution in [0.1, 0.15) is 6.92 Å². The summed E-state index contributed by atoms with van der Waals surface area (Å²) in [6, 6.07) is 0. The number of epoxide rings is 1. The van der Waals surface area contributed by atoms with E-state index in [9.17, 15) is 4.79 Å². The van der Waals surface area contributed by atoms with Crippen LogP contribution in [-0.4, -0.2) is 34.9 Å². The molecule has 0 saturated carbocycles. The zero-order valence-corrected chi connectivity index (χ0v) is 5.40. The van der Waals surface area contributed by atoms with Crippen molar-refractivity contribution in [3.8, 4) is 0 Å². The van der Waals surface area contributed by atoms with Crippen molar-refractivity contribution in [2.45, 2.75) is 13.0 Å². The average molecular weight is 148 g/mol. The highest BCUT2D eigenvalue weighted by Gasteiger charge is 2.30. The Morgan fingerprint density at radius 2 is 1.80 bits per heavy atom. The SMILES string of the molecule is CC(=O)O.O=C(O)[C@H]1CO1. The fourth-order valence-electron chi connectivity index (χ4n) is 0.191. The Morgan fingerprint density at radius 3 is 1.80 bits per heavy atom. The second-order valence-corrected chi connectivity index (χ2v) is 1.68. The lowest BCUT2D eigenvalue weighted by Gasteiger charge is -1.72. The highest BCUT2D eigenvalue weighted by molar-refractivity contribution is 5.74. The van der Waals surface area contributed by atoms with E-state index in [2.05, 4.69) is 4.74 Å². The first-order valence-electron chi connectivity index (χ1n) is 2.58. The minimum absolute atomic E-state index is 0.398. The van der Waals surface area contributed by atoms with Crippen LogP contribution in [0.15, 0.2) is 0 Å². The summed E-state index contributed by atoms with van der Waals surface area (Å²) in [5.41, 5.74) is 0. The van der Waals surface area contributed by atoms with Gasteiger partial charge in [-0.3, -0.25) is 4.79 Å². The largest absolute Gasteiger partial charge is 0.481 e. The van der Waals surface area contributed by atoms with Crippen molar-refractivity contribution in [2.24, 2.45) is 0 Å². The maximum atomic E-state index is 9.64. The second-order valence-electron chi connectivity index (χ2n) is 1.68. The first-order chi connectivity index (χ1) is 4.54. The van der Waals surface area contributed by atoms with Crippen LogP contribution < -0.4 is 0 Å². The van der Waals surface area contributed by atoms with Gasteiger partial charge in [-0.25, -0.2) is 4.79 Å². The first kappa shape index (κ1) is 8.90. The van der Waals surface area contributed by atoms with Crippen molar-refractivity contribution in [1.29, 1.82) is 0 Å². The zero-order valence-electron chi connectivity index (χ0n) is 5.40. The summed E-state index contributed by atoms with van der Waals surface area (Å²) in [4.78, 5) is 18.6. The van der Waals surface area contributed by atoms with Gasteiger partial charge in [-0.15, -0.1) is 0 Å². The predicted octanol–water partition coefficient (Wildman–Crippen LogP) is -0.439. The normalized spacial score (nSPS) is 20.3. The molecule has 0 unspecified atom stereocenters. The number of carboxylic acids is 2. The summed E-state index contributed by atoms with van der Waals surface area (Å²) < 4.78 is 4.37. The molecule has 5 nitrogen and oxygen atoms in total. The van der Waals surface area contributed by atoms with Crippen LogP contribution in [0.5, 0.6) is 0 Å². The standard InChI is InChI=1S/C3H4O3.C2H4O2/c4-3(5)2-1-6-2;1-2(3)4/h2H,1H2,(H,4,5);1H3,(H,3,4)/t2-;/m1./s1. The molecule has 2 N–H and O–H groups in total. The molecule has 0 aliphatic carbocycles. The quantitative estimate of drug-likeness (QED) is 0.492. The van der Waals surface area contributed by atoms with Crippen LogP contribution in [0, 0.1) is 0 Å². The number of aliphatic carboxylic acids is 2. The molecule has 1 aliphatic rings. The van der Waals surface area contributed by atoms with E-state index in [1.165, 1.54) is 0 Å². The highest BCUT2D eigenvalue weighted by Crippen LogP contribution is 2.06. The first-order valence-corrected chi connectivity index (χ1v) is 2.58. The van der Waals surface area contributed by atoms with Crippen molar-refractivity contribution >= 4 is 11.9 Å². The predicted molar refractivity (Wildman–Crippen MR) is 30.7 cm³/mol.